The molecule has 0 aliphatic carbocycles. The van der Waals surface area contributed by atoms with E-state index in [0.717, 1.165) is 5.70 Å². The molecule has 0 unspecified atom stereocenters. The van der Waals surface area contributed by atoms with Gasteiger partial charge in [-0.25, -0.2) is 0 Å². The van der Waals surface area contributed by atoms with Crippen LogP contribution in [0.15, 0.2) is 21.9 Å². The van der Waals surface area contributed by atoms with Gasteiger partial charge < -0.3 is 0 Å². The highest BCUT2D eigenvalue weighted by Gasteiger charge is 2.14. The molecule has 0 aliphatic rings. The van der Waals surface area contributed by atoms with Crippen LogP contribution in [0.5, 0.6) is 0 Å². The quantitative estimate of drug-likeness (QED) is 0.543. The molecular weight excluding hydrogens is 136 g/mol. The van der Waals surface area contributed by atoms with Crippen molar-refractivity contribution in [2.24, 2.45) is 15.4 Å². The van der Waals surface area contributed by atoms with Crippen LogP contribution in [0.2, 0.25) is 0 Å². The summed E-state index contributed by atoms with van der Waals surface area (Å²) in [6.07, 6.45) is 3.48. The maximum absolute atomic E-state index is 3.99. The lowest BCUT2D eigenvalue weighted by Gasteiger charge is -2.17. The first-order valence-corrected chi connectivity index (χ1v) is 3.67. The molecule has 2 heteroatoms. The molecule has 0 saturated heterocycles. The maximum atomic E-state index is 3.99. The van der Waals surface area contributed by atoms with Crippen LogP contribution in [0.25, 0.3) is 0 Å². The van der Waals surface area contributed by atoms with E-state index in [4.69, 9.17) is 0 Å². The topological polar surface area (TPSA) is 24.7 Å². The van der Waals surface area contributed by atoms with Gasteiger partial charge in [-0.05, 0) is 13.6 Å². The minimum Gasteiger partial charge on any atom is -0.267 e. The molecule has 11 heavy (non-hydrogen) atoms. The van der Waals surface area contributed by atoms with Crippen molar-refractivity contribution < 1.29 is 0 Å². The van der Waals surface area contributed by atoms with Crippen LogP contribution in [0.3, 0.4) is 0 Å². The summed E-state index contributed by atoms with van der Waals surface area (Å²) in [5.74, 6) is 0. The molecule has 0 spiro atoms. The van der Waals surface area contributed by atoms with E-state index in [1.165, 1.54) is 0 Å². The first kappa shape index (κ1) is 10.1. The van der Waals surface area contributed by atoms with Crippen molar-refractivity contribution >= 4 is 12.9 Å². The summed E-state index contributed by atoms with van der Waals surface area (Å²) in [7, 11) is 0. The van der Waals surface area contributed by atoms with E-state index < -0.39 is 0 Å². The Bertz CT molecular complexity index is 182. The van der Waals surface area contributed by atoms with Gasteiger partial charge in [0.2, 0.25) is 0 Å². The molecule has 0 aromatic heterocycles. The predicted octanol–water partition coefficient (Wildman–Crippen LogP) is 2.67. The summed E-state index contributed by atoms with van der Waals surface area (Å²) in [4.78, 5) is 7.88. The number of aliphatic imine (C=N–C) groups is 2. The van der Waals surface area contributed by atoms with Gasteiger partial charge in [0.25, 0.3) is 0 Å². The normalized spacial score (nSPS) is 14.0. The highest BCUT2D eigenvalue weighted by Crippen LogP contribution is 2.25. The van der Waals surface area contributed by atoms with Crippen molar-refractivity contribution in [1.29, 1.82) is 0 Å². The van der Waals surface area contributed by atoms with E-state index in [2.05, 4.69) is 37.5 Å². The summed E-state index contributed by atoms with van der Waals surface area (Å²) in [5.41, 5.74) is 0.949. The third-order valence-corrected chi connectivity index (χ3v) is 1.28. The highest BCUT2D eigenvalue weighted by molar-refractivity contribution is 5.54. The van der Waals surface area contributed by atoms with Gasteiger partial charge in [-0.3, -0.25) is 9.98 Å². The fourth-order valence-corrected chi connectivity index (χ4v) is 0.617. The molecule has 0 aromatic rings. The Hall–Kier alpha value is -0.920. The summed E-state index contributed by atoms with van der Waals surface area (Å²) in [5, 5.41) is 0. The molecule has 0 N–H and O–H groups in total. The van der Waals surface area contributed by atoms with Gasteiger partial charge in [0, 0.05) is 17.8 Å². The van der Waals surface area contributed by atoms with Crippen molar-refractivity contribution in [2.45, 2.75) is 27.7 Å². The van der Waals surface area contributed by atoms with Gasteiger partial charge in [-0.15, -0.1) is 0 Å². The molecule has 0 saturated carbocycles. The first-order valence-electron chi connectivity index (χ1n) is 3.67. The van der Waals surface area contributed by atoms with Crippen molar-refractivity contribution in [2.75, 3.05) is 0 Å². The zero-order chi connectivity index (χ0) is 8.91. The Labute approximate surface area is 68.8 Å². The minimum atomic E-state index is 0.0360. The van der Waals surface area contributed by atoms with Gasteiger partial charge >= 0.3 is 0 Å². The Morgan fingerprint density at radius 3 is 2.18 bits per heavy atom. The second kappa shape index (κ2) is 4.06. The second-order valence-electron chi connectivity index (χ2n) is 3.33. The molecule has 0 rings (SSSR count). The van der Waals surface area contributed by atoms with Crippen molar-refractivity contribution in [3.05, 3.63) is 11.9 Å². The summed E-state index contributed by atoms with van der Waals surface area (Å²) < 4.78 is 0. The molecule has 62 valence electrons. The predicted molar refractivity (Wildman–Crippen MR) is 51.3 cm³/mol. The van der Waals surface area contributed by atoms with Crippen LogP contribution in [-0.2, 0) is 0 Å². The van der Waals surface area contributed by atoms with Crippen LogP contribution in [-0.4, -0.2) is 12.9 Å². The van der Waals surface area contributed by atoms with E-state index in [1.54, 1.807) is 12.4 Å². The van der Waals surface area contributed by atoms with Gasteiger partial charge in [-0.1, -0.05) is 20.8 Å². The van der Waals surface area contributed by atoms with E-state index >= 15 is 0 Å². The van der Waals surface area contributed by atoms with Crippen molar-refractivity contribution in [1.82, 2.24) is 0 Å². The zero-order valence-electron chi connectivity index (χ0n) is 7.76. The number of allylic oxidation sites excluding steroid dienone is 1. The smallest absolute Gasteiger partial charge is 0.0631 e. The number of nitrogens with zero attached hydrogens (tertiary/aromatic N) is 2. The largest absolute Gasteiger partial charge is 0.267 e. The lowest BCUT2D eigenvalue weighted by atomic mass is 9.93. The Morgan fingerprint density at radius 2 is 1.91 bits per heavy atom. The monoisotopic (exact) mass is 152 g/mol. The molecule has 0 heterocycles. The zero-order valence-corrected chi connectivity index (χ0v) is 7.76. The van der Waals surface area contributed by atoms with E-state index in [0.29, 0.717) is 0 Å². The van der Waals surface area contributed by atoms with Crippen molar-refractivity contribution in [3.8, 4) is 0 Å². The fourth-order valence-electron chi connectivity index (χ4n) is 0.617. The number of rotatable bonds is 2. The molecule has 0 aliphatic heterocycles. The standard InChI is InChI=1S/C9H16N2/c1-6-11-7-8(10-5)9(2,3)4/h6-7H,5H2,1-4H3/b8-7-,11-6?. The summed E-state index contributed by atoms with van der Waals surface area (Å²) >= 11 is 0. The van der Waals surface area contributed by atoms with Gasteiger partial charge in [0.05, 0.1) is 5.70 Å². The lowest BCUT2D eigenvalue weighted by Crippen LogP contribution is -2.06. The van der Waals surface area contributed by atoms with Gasteiger partial charge in [0.15, 0.2) is 0 Å². The van der Waals surface area contributed by atoms with Crippen LogP contribution >= 0.6 is 0 Å². The van der Waals surface area contributed by atoms with Crippen LogP contribution in [0, 0.1) is 5.41 Å². The highest BCUT2D eigenvalue weighted by atomic mass is 14.8. The maximum Gasteiger partial charge on any atom is 0.0631 e. The molecule has 0 aromatic carbocycles. The second-order valence-corrected chi connectivity index (χ2v) is 3.33. The van der Waals surface area contributed by atoms with E-state index in [1.807, 2.05) is 6.92 Å². The average molecular weight is 152 g/mol. The molecule has 0 fully saturated rings. The molecule has 0 bridgehead atoms. The summed E-state index contributed by atoms with van der Waals surface area (Å²) in [6.45, 7) is 11.6. The lowest BCUT2D eigenvalue weighted by molar-refractivity contribution is 0.498. The number of hydrogen-bond donors (Lipinski definition) is 0. The van der Waals surface area contributed by atoms with Crippen molar-refractivity contribution in [3.63, 3.8) is 0 Å². The third kappa shape index (κ3) is 3.71. The number of hydrogen-bond acceptors (Lipinski definition) is 2. The molecular formula is C9H16N2. The Kier molecular flexibility index (Phi) is 3.72. The average Bonchev–Trinajstić information content (AvgIpc) is 1.87. The van der Waals surface area contributed by atoms with Crippen LogP contribution in [0.4, 0.5) is 0 Å². The fraction of sp³-hybridized carbons (Fsp3) is 0.556. The summed E-state index contributed by atoms with van der Waals surface area (Å²) in [6, 6.07) is 0. The molecule has 2 nitrogen and oxygen atoms in total. The SMILES string of the molecule is C=N/C(=C\N=CC)C(C)(C)C. The third-order valence-electron chi connectivity index (χ3n) is 1.28. The van der Waals surface area contributed by atoms with Crippen LogP contribution in [0.1, 0.15) is 27.7 Å². The van der Waals surface area contributed by atoms with E-state index in [-0.39, 0.29) is 5.41 Å². The molecule has 0 amide bonds. The molecule has 0 atom stereocenters. The van der Waals surface area contributed by atoms with Gasteiger partial charge in [0.1, 0.15) is 0 Å². The molecule has 0 radical (unpaired) electrons. The van der Waals surface area contributed by atoms with Gasteiger partial charge in [-0.2, -0.15) is 0 Å². The van der Waals surface area contributed by atoms with E-state index in [9.17, 15) is 0 Å². The first-order chi connectivity index (χ1) is 5.02. The Balaban J connectivity index is 4.53. The van der Waals surface area contributed by atoms with Crippen LogP contribution < -0.4 is 0 Å². The minimum absolute atomic E-state index is 0.0360. The Morgan fingerprint density at radius 1 is 1.36 bits per heavy atom.